The minimum Gasteiger partial charge on any atom is -0.383 e. The molecule has 3 rings (SSSR count). The quantitative estimate of drug-likeness (QED) is 0.630. The monoisotopic (exact) mass is 249 g/mol. The molecule has 2 heterocycles. The Labute approximate surface area is 104 Å². The van der Waals surface area contributed by atoms with E-state index in [1.807, 2.05) is 6.26 Å². The summed E-state index contributed by atoms with van der Waals surface area (Å²) in [7, 11) is 0. The van der Waals surface area contributed by atoms with Gasteiger partial charge in [-0.3, -0.25) is 5.10 Å². The second-order valence-corrected chi connectivity index (χ2v) is 5.19. The van der Waals surface area contributed by atoms with Gasteiger partial charge in [-0.15, -0.1) is 0 Å². The average Bonchev–Trinajstić information content (AvgIpc) is 2.96. The molecule has 2 aromatic heterocycles. The van der Waals surface area contributed by atoms with E-state index in [0.29, 0.717) is 22.5 Å². The molecule has 0 saturated heterocycles. The summed E-state index contributed by atoms with van der Waals surface area (Å²) < 4.78 is 0. The number of H-pyrrole nitrogens is 1. The number of nitrogens with one attached hydrogen (secondary N) is 1. The van der Waals surface area contributed by atoms with Crippen LogP contribution in [0, 0.1) is 0 Å². The molecule has 2 aromatic rings. The van der Waals surface area contributed by atoms with Crippen molar-refractivity contribution in [1.82, 2.24) is 20.2 Å². The summed E-state index contributed by atoms with van der Waals surface area (Å²) in [4.78, 5) is 8.67. The van der Waals surface area contributed by atoms with Crippen molar-refractivity contribution in [3.8, 4) is 0 Å². The summed E-state index contributed by atoms with van der Waals surface area (Å²) in [5, 5.41) is 8.97. The minimum atomic E-state index is 0.547. The van der Waals surface area contributed by atoms with Crippen LogP contribution in [0.4, 0.5) is 5.82 Å². The molecule has 1 saturated carbocycles. The zero-order valence-electron chi connectivity index (χ0n) is 9.73. The molecule has 6 heteroatoms. The van der Waals surface area contributed by atoms with Gasteiger partial charge in [0.05, 0.1) is 11.1 Å². The van der Waals surface area contributed by atoms with Crippen LogP contribution in [0.2, 0.25) is 0 Å². The first-order valence-electron chi connectivity index (χ1n) is 5.85. The fourth-order valence-corrected chi connectivity index (χ4v) is 2.92. The van der Waals surface area contributed by atoms with Crippen molar-refractivity contribution in [2.24, 2.45) is 0 Å². The average molecular weight is 249 g/mol. The van der Waals surface area contributed by atoms with Gasteiger partial charge in [0, 0.05) is 5.92 Å². The molecule has 17 heavy (non-hydrogen) atoms. The number of fused-ring (bicyclic) bond motifs is 1. The van der Waals surface area contributed by atoms with Gasteiger partial charge < -0.3 is 5.73 Å². The van der Waals surface area contributed by atoms with Crippen LogP contribution < -0.4 is 5.73 Å². The summed E-state index contributed by atoms with van der Waals surface area (Å²) in [6.07, 6.45) is 6.93. The molecule has 3 N–H and O–H groups in total. The van der Waals surface area contributed by atoms with Crippen LogP contribution in [0.25, 0.3) is 11.0 Å². The number of anilines is 1. The fourth-order valence-electron chi connectivity index (χ4n) is 2.55. The van der Waals surface area contributed by atoms with E-state index in [9.17, 15) is 0 Å². The van der Waals surface area contributed by atoms with Crippen LogP contribution in [-0.2, 0) is 0 Å². The van der Waals surface area contributed by atoms with Gasteiger partial charge in [0.2, 0.25) is 0 Å². The third-order valence-electron chi connectivity index (χ3n) is 3.39. The van der Waals surface area contributed by atoms with E-state index >= 15 is 0 Å². The number of nitrogen functional groups attached to an aromatic ring is 1. The lowest BCUT2D eigenvalue weighted by Crippen LogP contribution is -1.99. The van der Waals surface area contributed by atoms with Crippen LogP contribution >= 0.6 is 11.8 Å². The molecule has 0 atom stereocenters. The number of aromatic nitrogens is 4. The summed E-state index contributed by atoms with van der Waals surface area (Å²) in [5.74, 6) is 1.10. The topological polar surface area (TPSA) is 80.5 Å². The molecule has 1 aliphatic rings. The lowest BCUT2D eigenvalue weighted by molar-refractivity contribution is 0.698. The zero-order chi connectivity index (χ0) is 11.8. The summed E-state index contributed by atoms with van der Waals surface area (Å²) in [5.41, 5.74) is 7.85. The van der Waals surface area contributed by atoms with E-state index in [-0.39, 0.29) is 0 Å². The molecule has 0 spiro atoms. The highest BCUT2D eigenvalue weighted by Crippen LogP contribution is 2.37. The van der Waals surface area contributed by atoms with E-state index in [4.69, 9.17) is 5.73 Å². The Balaban J connectivity index is 2.14. The number of thioether (sulfide) groups is 1. The molecule has 0 amide bonds. The van der Waals surface area contributed by atoms with Crippen molar-refractivity contribution >= 4 is 28.6 Å². The Morgan fingerprint density at radius 3 is 2.76 bits per heavy atom. The number of rotatable bonds is 2. The first kappa shape index (κ1) is 10.8. The maximum atomic E-state index is 6.02. The smallest absolute Gasteiger partial charge is 0.191 e. The third kappa shape index (κ3) is 1.76. The van der Waals surface area contributed by atoms with E-state index in [1.54, 1.807) is 0 Å². The summed E-state index contributed by atoms with van der Waals surface area (Å²) in [6, 6.07) is 0. The predicted octanol–water partition coefficient (Wildman–Crippen LogP) is 2.31. The van der Waals surface area contributed by atoms with E-state index in [1.165, 1.54) is 37.4 Å². The van der Waals surface area contributed by atoms with E-state index in [0.717, 1.165) is 11.1 Å². The Morgan fingerprint density at radius 1 is 1.29 bits per heavy atom. The molecular formula is C11H15N5S. The highest BCUT2D eigenvalue weighted by atomic mass is 32.2. The predicted molar refractivity (Wildman–Crippen MR) is 69.1 cm³/mol. The Morgan fingerprint density at radius 2 is 2.06 bits per heavy atom. The normalized spacial score (nSPS) is 17.0. The summed E-state index contributed by atoms with van der Waals surface area (Å²) in [6.45, 7) is 0. The minimum absolute atomic E-state index is 0.547. The second kappa shape index (κ2) is 4.18. The molecule has 0 radical (unpaired) electrons. The molecule has 1 fully saturated rings. The van der Waals surface area contributed by atoms with Crippen LogP contribution in [0.3, 0.4) is 0 Å². The Kier molecular flexibility index (Phi) is 2.66. The van der Waals surface area contributed by atoms with Gasteiger partial charge in [0.15, 0.2) is 10.8 Å². The maximum Gasteiger partial charge on any atom is 0.191 e. The SMILES string of the molecule is CSc1nc(N)c2c(C3CCCC3)[nH]nc2n1. The number of aromatic amines is 1. The first-order chi connectivity index (χ1) is 8.29. The highest BCUT2D eigenvalue weighted by Gasteiger charge is 2.23. The molecule has 0 bridgehead atoms. The van der Waals surface area contributed by atoms with Gasteiger partial charge in [-0.1, -0.05) is 24.6 Å². The van der Waals surface area contributed by atoms with Gasteiger partial charge in [-0.2, -0.15) is 5.10 Å². The molecule has 1 aliphatic carbocycles. The maximum absolute atomic E-state index is 6.02. The lowest BCUT2D eigenvalue weighted by Gasteiger charge is -2.07. The number of hydrogen-bond acceptors (Lipinski definition) is 5. The van der Waals surface area contributed by atoms with Gasteiger partial charge >= 0.3 is 0 Å². The van der Waals surface area contributed by atoms with Gasteiger partial charge in [-0.25, -0.2) is 9.97 Å². The highest BCUT2D eigenvalue weighted by molar-refractivity contribution is 7.98. The third-order valence-corrected chi connectivity index (χ3v) is 3.94. The Bertz CT molecular complexity index is 544. The Hall–Kier alpha value is -1.30. The molecule has 0 aliphatic heterocycles. The van der Waals surface area contributed by atoms with Crippen LogP contribution in [-0.4, -0.2) is 26.4 Å². The van der Waals surface area contributed by atoms with E-state index in [2.05, 4.69) is 20.2 Å². The van der Waals surface area contributed by atoms with Crippen molar-refractivity contribution in [1.29, 1.82) is 0 Å². The summed E-state index contributed by atoms with van der Waals surface area (Å²) >= 11 is 1.48. The van der Waals surface area contributed by atoms with Gasteiger partial charge in [0.25, 0.3) is 0 Å². The van der Waals surface area contributed by atoms with Crippen molar-refractivity contribution in [2.75, 3.05) is 12.0 Å². The first-order valence-corrected chi connectivity index (χ1v) is 7.07. The fraction of sp³-hybridized carbons (Fsp3) is 0.545. The van der Waals surface area contributed by atoms with Crippen molar-refractivity contribution in [3.63, 3.8) is 0 Å². The molecule has 0 aromatic carbocycles. The number of hydrogen-bond donors (Lipinski definition) is 2. The largest absolute Gasteiger partial charge is 0.383 e. The molecule has 90 valence electrons. The van der Waals surface area contributed by atoms with Gasteiger partial charge in [0.1, 0.15) is 5.82 Å². The van der Waals surface area contributed by atoms with Crippen molar-refractivity contribution in [2.45, 2.75) is 36.8 Å². The van der Waals surface area contributed by atoms with Gasteiger partial charge in [-0.05, 0) is 19.1 Å². The standard InChI is InChI=1S/C11H15N5S/c1-17-11-13-9(12)7-8(6-4-2-3-5-6)15-16-10(7)14-11/h6H,2-5H2,1H3,(H3,12,13,14,15,16). The van der Waals surface area contributed by atoms with E-state index < -0.39 is 0 Å². The van der Waals surface area contributed by atoms with Crippen LogP contribution in [0.5, 0.6) is 0 Å². The van der Waals surface area contributed by atoms with Crippen LogP contribution in [0.1, 0.15) is 37.3 Å². The molecular weight excluding hydrogens is 234 g/mol. The second-order valence-electron chi connectivity index (χ2n) is 4.41. The molecule has 5 nitrogen and oxygen atoms in total. The number of nitrogens with two attached hydrogens (primary N) is 1. The zero-order valence-corrected chi connectivity index (χ0v) is 10.5. The van der Waals surface area contributed by atoms with Crippen LogP contribution in [0.15, 0.2) is 5.16 Å². The van der Waals surface area contributed by atoms with Crippen molar-refractivity contribution < 1.29 is 0 Å². The lowest BCUT2D eigenvalue weighted by atomic mass is 10.0. The van der Waals surface area contributed by atoms with Crippen molar-refractivity contribution in [3.05, 3.63) is 5.69 Å². The number of nitrogens with zero attached hydrogens (tertiary/aromatic N) is 3. The molecule has 0 unspecified atom stereocenters.